The molecule has 3 heterocycles. The van der Waals surface area contributed by atoms with Crippen LogP contribution in [0.4, 0.5) is 0 Å². The van der Waals surface area contributed by atoms with Gasteiger partial charge in [-0.1, -0.05) is 11.6 Å². The molecule has 0 unspecified atom stereocenters. The van der Waals surface area contributed by atoms with E-state index >= 15 is 0 Å². The van der Waals surface area contributed by atoms with Crippen molar-refractivity contribution in [2.75, 3.05) is 6.54 Å². The Labute approximate surface area is 145 Å². The average Bonchev–Trinajstić information content (AvgIpc) is 2.61. The van der Waals surface area contributed by atoms with Crippen LogP contribution < -0.4 is 11.2 Å². The maximum atomic E-state index is 12.8. The number of fused-ring (bicyclic) bond motifs is 2. The fourth-order valence-electron chi connectivity index (χ4n) is 2.95. The number of aromatic amines is 1. The minimum atomic E-state index is -0.704. The Kier molecular flexibility index (Phi) is 3.65. The molecule has 1 aliphatic rings. The SMILES string of the molecule is O=C(c1cc2cc(Cl)ccc2oc1=O)N1CCc2c(nc[nH]c2=O)C1. The summed E-state index contributed by atoms with van der Waals surface area (Å²) < 4.78 is 5.22. The Bertz CT molecular complexity index is 1120. The van der Waals surface area contributed by atoms with Crippen LogP contribution in [0.1, 0.15) is 21.6 Å². The van der Waals surface area contributed by atoms with Crippen molar-refractivity contribution in [3.8, 4) is 0 Å². The smallest absolute Gasteiger partial charge is 0.349 e. The zero-order valence-electron chi connectivity index (χ0n) is 12.9. The third-order valence-corrected chi connectivity index (χ3v) is 4.46. The number of carbonyl (C=O) groups is 1. The normalized spacial score (nSPS) is 13.7. The molecular weight excluding hydrogens is 346 g/mol. The second-order valence-electron chi connectivity index (χ2n) is 5.76. The number of benzene rings is 1. The fraction of sp³-hybridized carbons (Fsp3) is 0.176. The van der Waals surface area contributed by atoms with Crippen LogP contribution in [0.5, 0.6) is 0 Å². The lowest BCUT2D eigenvalue weighted by Gasteiger charge is -2.27. The highest BCUT2D eigenvalue weighted by atomic mass is 35.5. The summed E-state index contributed by atoms with van der Waals surface area (Å²) >= 11 is 5.95. The lowest BCUT2D eigenvalue weighted by Crippen LogP contribution is -2.40. The molecule has 0 bridgehead atoms. The number of nitrogens with zero attached hydrogens (tertiary/aromatic N) is 2. The topological polar surface area (TPSA) is 96.3 Å². The van der Waals surface area contributed by atoms with Gasteiger partial charge in [0.2, 0.25) is 0 Å². The predicted octanol–water partition coefficient (Wildman–Crippen LogP) is 1.73. The van der Waals surface area contributed by atoms with Crippen LogP contribution in [-0.2, 0) is 13.0 Å². The van der Waals surface area contributed by atoms with Gasteiger partial charge in [-0.3, -0.25) is 9.59 Å². The standard InChI is InChI=1S/C17H12ClN3O4/c18-10-1-2-14-9(5-10)6-12(17(24)25-14)16(23)21-4-3-11-13(7-21)19-8-20-15(11)22/h1-2,5-6,8H,3-4,7H2,(H,19,20,22). The Morgan fingerprint density at radius 2 is 2.12 bits per heavy atom. The van der Waals surface area contributed by atoms with Gasteiger partial charge in [0.25, 0.3) is 11.5 Å². The summed E-state index contributed by atoms with van der Waals surface area (Å²) in [6.07, 6.45) is 1.69. The highest BCUT2D eigenvalue weighted by Gasteiger charge is 2.26. The van der Waals surface area contributed by atoms with Gasteiger partial charge in [0.05, 0.1) is 18.6 Å². The van der Waals surface area contributed by atoms with Crippen LogP contribution in [0.2, 0.25) is 5.02 Å². The van der Waals surface area contributed by atoms with E-state index in [2.05, 4.69) is 9.97 Å². The monoisotopic (exact) mass is 357 g/mol. The number of H-pyrrole nitrogens is 1. The van der Waals surface area contributed by atoms with Crippen molar-refractivity contribution in [1.82, 2.24) is 14.9 Å². The number of aromatic nitrogens is 2. The minimum absolute atomic E-state index is 0.0666. The summed E-state index contributed by atoms with van der Waals surface area (Å²) in [5.74, 6) is -0.455. The molecule has 3 aromatic rings. The number of amides is 1. The van der Waals surface area contributed by atoms with Gasteiger partial charge in [0.1, 0.15) is 11.1 Å². The molecule has 0 fully saturated rings. The molecule has 1 amide bonds. The van der Waals surface area contributed by atoms with Crippen molar-refractivity contribution in [3.63, 3.8) is 0 Å². The van der Waals surface area contributed by atoms with E-state index in [1.807, 2.05) is 0 Å². The first kappa shape index (κ1) is 15.6. The minimum Gasteiger partial charge on any atom is -0.422 e. The second kappa shape index (κ2) is 5.86. The molecule has 8 heteroatoms. The summed E-state index contributed by atoms with van der Waals surface area (Å²) in [6, 6.07) is 6.30. The van der Waals surface area contributed by atoms with Gasteiger partial charge in [-0.2, -0.15) is 0 Å². The van der Waals surface area contributed by atoms with Crippen LogP contribution in [0.15, 0.2) is 44.6 Å². The number of halogens is 1. The zero-order chi connectivity index (χ0) is 17.6. The fourth-order valence-corrected chi connectivity index (χ4v) is 3.13. The van der Waals surface area contributed by atoms with Crippen molar-refractivity contribution in [1.29, 1.82) is 0 Å². The summed E-state index contributed by atoms with van der Waals surface area (Å²) in [5, 5.41) is 1.05. The van der Waals surface area contributed by atoms with Crippen molar-refractivity contribution in [2.45, 2.75) is 13.0 Å². The van der Waals surface area contributed by atoms with Crippen molar-refractivity contribution in [2.24, 2.45) is 0 Å². The van der Waals surface area contributed by atoms with Crippen LogP contribution in [-0.4, -0.2) is 27.3 Å². The van der Waals surface area contributed by atoms with Crippen molar-refractivity contribution < 1.29 is 9.21 Å². The lowest BCUT2D eigenvalue weighted by atomic mass is 10.1. The first-order valence-corrected chi connectivity index (χ1v) is 7.99. The molecule has 0 saturated heterocycles. The molecule has 1 N–H and O–H groups in total. The number of rotatable bonds is 1. The Morgan fingerprint density at radius 3 is 2.96 bits per heavy atom. The molecule has 4 rings (SSSR count). The van der Waals surface area contributed by atoms with Gasteiger partial charge in [0.15, 0.2) is 0 Å². The van der Waals surface area contributed by atoms with Crippen LogP contribution in [0, 0.1) is 0 Å². The third kappa shape index (κ3) is 2.72. The predicted molar refractivity (Wildman–Crippen MR) is 90.8 cm³/mol. The van der Waals surface area contributed by atoms with E-state index in [1.165, 1.54) is 17.3 Å². The maximum absolute atomic E-state index is 12.8. The quantitative estimate of drug-likeness (QED) is 0.669. The Hall–Kier alpha value is -2.93. The molecule has 7 nitrogen and oxygen atoms in total. The molecule has 2 aromatic heterocycles. The van der Waals surface area contributed by atoms with Crippen molar-refractivity contribution >= 4 is 28.5 Å². The maximum Gasteiger partial charge on any atom is 0.349 e. The van der Waals surface area contributed by atoms with Gasteiger partial charge in [-0.15, -0.1) is 0 Å². The Balaban J connectivity index is 1.72. The first-order chi connectivity index (χ1) is 12.0. The van der Waals surface area contributed by atoms with E-state index in [-0.39, 0.29) is 17.7 Å². The largest absolute Gasteiger partial charge is 0.422 e. The van der Waals surface area contributed by atoms with Gasteiger partial charge >= 0.3 is 5.63 Å². The van der Waals surface area contributed by atoms with Gasteiger partial charge in [-0.05, 0) is 30.7 Å². The highest BCUT2D eigenvalue weighted by Crippen LogP contribution is 2.20. The molecule has 0 aliphatic carbocycles. The second-order valence-corrected chi connectivity index (χ2v) is 6.20. The lowest BCUT2D eigenvalue weighted by molar-refractivity contribution is 0.0727. The molecular formula is C17H12ClN3O4. The van der Waals surface area contributed by atoms with E-state index in [0.717, 1.165) is 0 Å². The molecule has 0 radical (unpaired) electrons. The molecule has 1 aromatic carbocycles. The molecule has 25 heavy (non-hydrogen) atoms. The molecule has 0 spiro atoms. The van der Waals surface area contributed by atoms with E-state index in [9.17, 15) is 14.4 Å². The van der Waals surface area contributed by atoms with Gasteiger partial charge in [-0.25, -0.2) is 9.78 Å². The van der Waals surface area contributed by atoms with Gasteiger partial charge < -0.3 is 14.3 Å². The van der Waals surface area contributed by atoms with E-state index in [4.69, 9.17) is 16.0 Å². The first-order valence-electron chi connectivity index (χ1n) is 7.61. The summed E-state index contributed by atoms with van der Waals surface area (Å²) in [4.78, 5) is 44.8. The summed E-state index contributed by atoms with van der Waals surface area (Å²) in [5.41, 5.74) is 0.507. The number of carbonyl (C=O) groups excluding carboxylic acids is 1. The zero-order valence-corrected chi connectivity index (χ0v) is 13.7. The summed E-state index contributed by atoms with van der Waals surface area (Å²) in [7, 11) is 0. The molecule has 126 valence electrons. The molecule has 0 saturated carbocycles. The molecule has 1 aliphatic heterocycles. The molecule has 0 atom stereocenters. The van der Waals surface area contributed by atoms with Crippen LogP contribution in [0.3, 0.4) is 0 Å². The Morgan fingerprint density at radius 1 is 1.28 bits per heavy atom. The van der Waals surface area contributed by atoms with E-state index < -0.39 is 11.5 Å². The van der Waals surface area contributed by atoms with E-state index in [1.54, 1.807) is 18.2 Å². The average molecular weight is 358 g/mol. The van der Waals surface area contributed by atoms with Gasteiger partial charge in [0, 0.05) is 22.5 Å². The van der Waals surface area contributed by atoms with Crippen LogP contribution >= 0.6 is 11.6 Å². The third-order valence-electron chi connectivity index (χ3n) is 4.22. The van der Waals surface area contributed by atoms with Crippen LogP contribution in [0.25, 0.3) is 11.0 Å². The highest BCUT2D eigenvalue weighted by molar-refractivity contribution is 6.31. The summed E-state index contributed by atoms with van der Waals surface area (Å²) in [6.45, 7) is 0.499. The van der Waals surface area contributed by atoms with Crippen molar-refractivity contribution in [3.05, 3.63) is 73.2 Å². The number of hydrogen-bond acceptors (Lipinski definition) is 5. The number of nitrogens with one attached hydrogen (secondary N) is 1. The number of hydrogen-bond donors (Lipinski definition) is 1. The van der Waals surface area contributed by atoms with E-state index in [0.29, 0.717) is 40.2 Å².